The summed E-state index contributed by atoms with van der Waals surface area (Å²) in [6, 6.07) is 5.60. The van der Waals surface area contributed by atoms with Gasteiger partial charge in [-0.3, -0.25) is 0 Å². The number of rotatable bonds is 7. The molecule has 0 atom stereocenters. The standard InChI is InChI=1S/C28H31N5O6S2/c1-28(2,3)39-27(34)32-8-6-16(7-9-32)24-30-17(15-40-24)14-37-21-10-18(35-4)11-22-19(21)12-23(38-22)20-13-29-25-33(20)31-26(36-5)41-25/h10-13,15-16H,6-9,14H2,1-5H3. The number of likely N-dealkylation sites (tertiary alicyclic amines) is 1. The molecule has 4 aromatic heterocycles. The van der Waals surface area contributed by atoms with E-state index in [4.69, 9.17) is 28.3 Å². The van der Waals surface area contributed by atoms with E-state index in [9.17, 15) is 4.79 Å². The lowest BCUT2D eigenvalue weighted by Crippen LogP contribution is -2.41. The number of benzene rings is 1. The number of hydrogen-bond acceptors (Lipinski definition) is 11. The molecule has 0 aliphatic carbocycles. The number of carbonyl (C=O) groups is 1. The van der Waals surface area contributed by atoms with Crippen LogP contribution in [-0.4, -0.2) is 63.5 Å². The Labute approximate surface area is 244 Å². The van der Waals surface area contributed by atoms with Gasteiger partial charge in [-0.15, -0.1) is 16.4 Å². The highest BCUT2D eigenvalue weighted by atomic mass is 32.1. The monoisotopic (exact) mass is 597 g/mol. The van der Waals surface area contributed by atoms with Gasteiger partial charge in [-0.25, -0.2) is 14.8 Å². The first-order chi connectivity index (χ1) is 19.7. The van der Waals surface area contributed by atoms with E-state index in [1.165, 1.54) is 11.3 Å². The van der Waals surface area contributed by atoms with Crippen molar-refractivity contribution >= 4 is 44.7 Å². The van der Waals surface area contributed by atoms with Gasteiger partial charge in [-0.05, 0) is 51.0 Å². The molecule has 1 aliphatic heterocycles. The molecule has 5 aromatic rings. The number of methoxy groups -OCH3 is 2. The van der Waals surface area contributed by atoms with E-state index in [0.29, 0.717) is 64.3 Å². The summed E-state index contributed by atoms with van der Waals surface area (Å²) in [5.74, 6) is 2.17. The van der Waals surface area contributed by atoms with Crippen molar-refractivity contribution in [1.29, 1.82) is 0 Å². The number of piperidine rings is 1. The van der Waals surface area contributed by atoms with Crippen LogP contribution in [0.1, 0.15) is 50.2 Å². The Hall–Kier alpha value is -3.84. The van der Waals surface area contributed by atoms with E-state index in [1.54, 1.807) is 41.2 Å². The Morgan fingerprint density at radius 2 is 1.95 bits per heavy atom. The molecule has 5 heterocycles. The number of hydrogen-bond donors (Lipinski definition) is 0. The van der Waals surface area contributed by atoms with Gasteiger partial charge in [-0.1, -0.05) is 0 Å². The molecule has 13 heteroatoms. The summed E-state index contributed by atoms with van der Waals surface area (Å²) in [5, 5.41) is 8.87. The van der Waals surface area contributed by atoms with Crippen molar-refractivity contribution < 1.29 is 28.2 Å². The van der Waals surface area contributed by atoms with Crippen molar-refractivity contribution in [2.45, 2.75) is 51.7 Å². The Morgan fingerprint density at radius 1 is 1.15 bits per heavy atom. The van der Waals surface area contributed by atoms with Gasteiger partial charge in [0.2, 0.25) is 4.96 Å². The number of ether oxygens (including phenoxy) is 4. The highest BCUT2D eigenvalue weighted by molar-refractivity contribution is 7.18. The molecule has 6 rings (SSSR count). The van der Waals surface area contributed by atoms with Gasteiger partial charge in [0.25, 0.3) is 5.19 Å². The number of nitrogens with zero attached hydrogens (tertiary/aromatic N) is 5. The van der Waals surface area contributed by atoms with Crippen molar-refractivity contribution in [2.75, 3.05) is 27.3 Å². The van der Waals surface area contributed by atoms with Gasteiger partial charge in [0.1, 0.15) is 35.0 Å². The van der Waals surface area contributed by atoms with E-state index < -0.39 is 5.60 Å². The maximum atomic E-state index is 12.4. The fourth-order valence-corrected chi connectivity index (χ4v) is 6.40. The third-order valence-corrected chi connectivity index (χ3v) is 8.68. The maximum Gasteiger partial charge on any atom is 0.410 e. The number of fused-ring (bicyclic) bond motifs is 2. The quantitative estimate of drug-likeness (QED) is 0.211. The molecule has 1 aliphatic rings. The lowest BCUT2D eigenvalue weighted by Gasteiger charge is -2.32. The van der Waals surface area contributed by atoms with Crippen molar-refractivity contribution in [3.8, 4) is 28.1 Å². The summed E-state index contributed by atoms with van der Waals surface area (Å²) >= 11 is 2.99. The molecule has 0 unspecified atom stereocenters. The van der Waals surface area contributed by atoms with Crippen LogP contribution in [0.3, 0.4) is 0 Å². The van der Waals surface area contributed by atoms with Crippen LogP contribution >= 0.6 is 22.7 Å². The highest BCUT2D eigenvalue weighted by Gasteiger charge is 2.29. The lowest BCUT2D eigenvalue weighted by atomic mass is 9.98. The van der Waals surface area contributed by atoms with E-state index >= 15 is 0 Å². The summed E-state index contributed by atoms with van der Waals surface area (Å²) < 4.78 is 30.4. The minimum absolute atomic E-state index is 0.250. The van der Waals surface area contributed by atoms with Gasteiger partial charge >= 0.3 is 6.09 Å². The molecule has 0 bridgehead atoms. The van der Waals surface area contributed by atoms with E-state index in [0.717, 1.165) is 28.9 Å². The predicted molar refractivity (Wildman–Crippen MR) is 155 cm³/mol. The number of imidazole rings is 1. The van der Waals surface area contributed by atoms with Crippen molar-refractivity contribution in [3.05, 3.63) is 40.5 Å². The van der Waals surface area contributed by atoms with Crippen LogP contribution < -0.4 is 14.2 Å². The van der Waals surface area contributed by atoms with E-state index in [1.807, 2.05) is 44.4 Å². The average Bonchev–Trinajstić information content (AvgIpc) is 3.73. The number of thiazole rings is 1. The first kappa shape index (κ1) is 27.3. The van der Waals surface area contributed by atoms with Crippen LogP contribution in [0.2, 0.25) is 0 Å². The summed E-state index contributed by atoms with van der Waals surface area (Å²) in [4.78, 5) is 24.2. The third kappa shape index (κ3) is 5.68. The molecule has 216 valence electrons. The van der Waals surface area contributed by atoms with Crippen LogP contribution in [0.4, 0.5) is 4.79 Å². The summed E-state index contributed by atoms with van der Waals surface area (Å²) in [6.45, 7) is 7.28. The first-order valence-corrected chi connectivity index (χ1v) is 15.0. The first-order valence-electron chi connectivity index (χ1n) is 13.3. The summed E-state index contributed by atoms with van der Waals surface area (Å²) in [6.07, 6.45) is 3.19. The Morgan fingerprint density at radius 3 is 2.68 bits per heavy atom. The second-order valence-corrected chi connectivity index (χ2v) is 12.6. The van der Waals surface area contributed by atoms with Crippen molar-refractivity contribution in [3.63, 3.8) is 0 Å². The molecule has 1 aromatic carbocycles. The molecular formula is C28H31N5O6S2. The van der Waals surface area contributed by atoms with Gasteiger partial charge in [0.15, 0.2) is 5.76 Å². The second-order valence-electron chi connectivity index (χ2n) is 10.8. The molecule has 1 fully saturated rings. The SMILES string of the molecule is COc1cc(OCc2csc(C3CCN(C(=O)OC(C)(C)C)CC3)n2)c2cc(-c3cnc4sc(OC)nn34)oc2c1. The Kier molecular flexibility index (Phi) is 7.24. The maximum absolute atomic E-state index is 12.4. The average molecular weight is 598 g/mol. The fourth-order valence-electron chi connectivity index (χ4n) is 4.74. The number of amides is 1. The number of aromatic nitrogens is 4. The van der Waals surface area contributed by atoms with Crippen molar-refractivity contribution in [2.24, 2.45) is 0 Å². The predicted octanol–water partition coefficient (Wildman–Crippen LogP) is 6.37. The molecule has 41 heavy (non-hydrogen) atoms. The van der Waals surface area contributed by atoms with Crippen LogP contribution in [-0.2, 0) is 11.3 Å². The molecule has 1 amide bonds. The molecule has 0 spiro atoms. The zero-order valence-corrected chi connectivity index (χ0v) is 25.1. The highest BCUT2D eigenvalue weighted by Crippen LogP contribution is 2.38. The Bertz CT molecular complexity index is 1690. The van der Waals surface area contributed by atoms with E-state index in [2.05, 4.69) is 10.1 Å². The molecular weight excluding hydrogens is 566 g/mol. The second kappa shape index (κ2) is 10.9. The van der Waals surface area contributed by atoms with Crippen LogP contribution in [0.15, 0.2) is 34.2 Å². The number of carbonyl (C=O) groups excluding carboxylic acids is 1. The largest absolute Gasteiger partial charge is 0.496 e. The molecule has 0 N–H and O–H groups in total. The van der Waals surface area contributed by atoms with E-state index in [-0.39, 0.29) is 6.09 Å². The minimum atomic E-state index is -0.494. The Balaban J connectivity index is 1.16. The van der Waals surface area contributed by atoms with Gasteiger partial charge < -0.3 is 28.3 Å². The lowest BCUT2D eigenvalue weighted by molar-refractivity contribution is 0.0204. The normalized spacial score (nSPS) is 14.6. The molecule has 0 radical (unpaired) electrons. The molecule has 11 nitrogen and oxygen atoms in total. The zero-order chi connectivity index (χ0) is 28.7. The summed E-state index contributed by atoms with van der Waals surface area (Å²) in [7, 11) is 3.19. The van der Waals surface area contributed by atoms with Gasteiger partial charge in [0, 0.05) is 36.5 Å². The fraction of sp³-hybridized carbons (Fsp3) is 0.429. The van der Waals surface area contributed by atoms with Gasteiger partial charge in [0.05, 0.1) is 36.5 Å². The van der Waals surface area contributed by atoms with Crippen LogP contribution in [0, 0.1) is 0 Å². The van der Waals surface area contributed by atoms with Crippen molar-refractivity contribution in [1.82, 2.24) is 24.5 Å². The number of furan rings is 1. The minimum Gasteiger partial charge on any atom is -0.496 e. The molecule has 0 saturated carbocycles. The zero-order valence-electron chi connectivity index (χ0n) is 23.5. The van der Waals surface area contributed by atoms with Crippen LogP contribution in [0.5, 0.6) is 16.7 Å². The topological polar surface area (TPSA) is 113 Å². The molecule has 1 saturated heterocycles. The summed E-state index contributed by atoms with van der Waals surface area (Å²) in [5.41, 5.74) is 1.70. The van der Waals surface area contributed by atoms with Gasteiger partial charge in [-0.2, -0.15) is 4.52 Å². The smallest absolute Gasteiger partial charge is 0.410 e. The third-order valence-electron chi connectivity index (χ3n) is 6.74. The van der Waals surface area contributed by atoms with Crippen LogP contribution in [0.25, 0.3) is 27.4 Å².